The quantitative estimate of drug-likeness (QED) is 0.600. The number of halogens is 2. The molecule has 0 aliphatic carbocycles. The zero-order chi connectivity index (χ0) is 21.0. The Morgan fingerprint density at radius 3 is 2.72 bits per heavy atom. The van der Waals surface area contributed by atoms with Crippen LogP contribution in [0, 0.1) is 6.92 Å². The molecule has 1 aromatic heterocycles. The second-order valence-electron chi connectivity index (χ2n) is 6.69. The third-order valence-electron chi connectivity index (χ3n) is 4.40. The van der Waals surface area contributed by atoms with Crippen molar-refractivity contribution in [1.29, 1.82) is 0 Å². The monoisotopic (exact) mass is 433 g/mol. The summed E-state index contributed by atoms with van der Waals surface area (Å²) in [4.78, 5) is 33.8. The molecule has 8 heteroatoms. The van der Waals surface area contributed by atoms with E-state index in [0.29, 0.717) is 39.1 Å². The zero-order valence-electron chi connectivity index (χ0n) is 16.2. The van der Waals surface area contributed by atoms with Crippen molar-refractivity contribution in [1.82, 2.24) is 14.9 Å². The van der Waals surface area contributed by atoms with Gasteiger partial charge in [0.1, 0.15) is 11.6 Å². The van der Waals surface area contributed by atoms with Crippen molar-refractivity contribution >= 4 is 40.0 Å². The van der Waals surface area contributed by atoms with E-state index in [-0.39, 0.29) is 24.6 Å². The van der Waals surface area contributed by atoms with Crippen LogP contribution >= 0.6 is 23.2 Å². The third-order valence-corrected chi connectivity index (χ3v) is 5.06. The van der Waals surface area contributed by atoms with Crippen LogP contribution < -0.4 is 10.3 Å². The van der Waals surface area contributed by atoms with Crippen molar-refractivity contribution in [3.05, 3.63) is 68.2 Å². The fraction of sp³-hybridized carbons (Fsp3) is 0.286. The molecule has 6 nitrogen and oxygen atoms in total. The van der Waals surface area contributed by atoms with Crippen LogP contribution in [0.4, 0.5) is 0 Å². The Bertz CT molecular complexity index is 1100. The van der Waals surface area contributed by atoms with Crippen LogP contribution in [-0.2, 0) is 11.3 Å². The molecule has 0 fully saturated rings. The van der Waals surface area contributed by atoms with E-state index in [9.17, 15) is 9.59 Å². The molecule has 2 aromatic carbocycles. The predicted octanol–water partition coefficient (Wildman–Crippen LogP) is 4.36. The van der Waals surface area contributed by atoms with Crippen LogP contribution in [0.3, 0.4) is 0 Å². The van der Waals surface area contributed by atoms with E-state index in [0.717, 1.165) is 12.0 Å². The number of benzene rings is 2. The standard InChI is InChI=1S/C21H21Cl2N3O3/c1-3-8-26(20(27)12-29-15-5-7-17(23)13(2)9-15)11-19-24-18-10-14(22)4-6-16(18)21(28)25-19/h4-7,9-10H,3,8,11-12H2,1-2H3,(H,24,25,28). The van der Waals surface area contributed by atoms with Gasteiger partial charge in [0.25, 0.3) is 11.5 Å². The molecule has 0 saturated heterocycles. The predicted molar refractivity (Wildman–Crippen MR) is 115 cm³/mol. The van der Waals surface area contributed by atoms with Gasteiger partial charge < -0.3 is 14.6 Å². The average Bonchev–Trinajstić information content (AvgIpc) is 2.68. The summed E-state index contributed by atoms with van der Waals surface area (Å²) in [5, 5.41) is 1.59. The van der Waals surface area contributed by atoms with Gasteiger partial charge in [0.05, 0.1) is 17.4 Å². The van der Waals surface area contributed by atoms with Crippen LogP contribution in [0.1, 0.15) is 24.7 Å². The molecule has 0 saturated carbocycles. The summed E-state index contributed by atoms with van der Waals surface area (Å²) in [5.41, 5.74) is 1.10. The molecular formula is C21H21Cl2N3O3. The van der Waals surface area contributed by atoms with Gasteiger partial charge in [0, 0.05) is 16.6 Å². The van der Waals surface area contributed by atoms with Crippen molar-refractivity contribution in [3.8, 4) is 5.75 Å². The Labute approximate surface area is 178 Å². The normalized spacial score (nSPS) is 10.9. The summed E-state index contributed by atoms with van der Waals surface area (Å²) >= 11 is 12.0. The van der Waals surface area contributed by atoms with Gasteiger partial charge in [0.15, 0.2) is 6.61 Å². The first-order valence-electron chi connectivity index (χ1n) is 9.22. The van der Waals surface area contributed by atoms with Crippen LogP contribution in [0.2, 0.25) is 10.0 Å². The second-order valence-corrected chi connectivity index (χ2v) is 7.53. The molecule has 3 rings (SSSR count). The topological polar surface area (TPSA) is 75.3 Å². The van der Waals surface area contributed by atoms with Crippen molar-refractivity contribution < 1.29 is 9.53 Å². The number of carbonyl (C=O) groups is 1. The number of nitrogens with zero attached hydrogens (tertiary/aromatic N) is 2. The lowest BCUT2D eigenvalue weighted by molar-refractivity contribution is -0.134. The summed E-state index contributed by atoms with van der Waals surface area (Å²) < 4.78 is 5.62. The van der Waals surface area contributed by atoms with Gasteiger partial charge in [-0.3, -0.25) is 9.59 Å². The van der Waals surface area contributed by atoms with E-state index in [1.807, 2.05) is 13.8 Å². The van der Waals surface area contributed by atoms with Crippen molar-refractivity contribution in [2.75, 3.05) is 13.2 Å². The molecule has 0 atom stereocenters. The Kier molecular flexibility index (Phi) is 6.77. The Hall–Kier alpha value is -2.57. The highest BCUT2D eigenvalue weighted by molar-refractivity contribution is 6.31. The fourth-order valence-electron chi connectivity index (χ4n) is 2.92. The molecule has 0 aliphatic rings. The first-order valence-corrected chi connectivity index (χ1v) is 9.98. The number of H-pyrrole nitrogens is 1. The van der Waals surface area contributed by atoms with E-state index in [1.54, 1.807) is 41.3 Å². The second kappa shape index (κ2) is 9.29. The van der Waals surface area contributed by atoms with Gasteiger partial charge in [-0.05, 0) is 55.3 Å². The van der Waals surface area contributed by atoms with Crippen molar-refractivity contribution in [2.24, 2.45) is 0 Å². The van der Waals surface area contributed by atoms with Gasteiger partial charge in [-0.2, -0.15) is 0 Å². The van der Waals surface area contributed by atoms with E-state index >= 15 is 0 Å². The summed E-state index contributed by atoms with van der Waals surface area (Å²) in [6.07, 6.45) is 0.759. The first kappa shape index (κ1) is 21.1. The molecule has 3 aromatic rings. The number of rotatable bonds is 7. The van der Waals surface area contributed by atoms with Gasteiger partial charge >= 0.3 is 0 Å². The number of fused-ring (bicyclic) bond motifs is 1. The van der Waals surface area contributed by atoms with Gasteiger partial charge in [-0.1, -0.05) is 30.1 Å². The number of carbonyl (C=O) groups excluding carboxylic acids is 1. The zero-order valence-corrected chi connectivity index (χ0v) is 17.7. The minimum absolute atomic E-state index is 0.120. The molecule has 0 spiro atoms. The first-order chi connectivity index (χ1) is 13.9. The SMILES string of the molecule is CCCN(Cc1nc2cc(Cl)ccc2c(=O)[nH]1)C(=O)COc1ccc(Cl)c(C)c1. The molecule has 152 valence electrons. The lowest BCUT2D eigenvalue weighted by Gasteiger charge is -2.22. The van der Waals surface area contributed by atoms with E-state index < -0.39 is 0 Å². The van der Waals surface area contributed by atoms with Crippen molar-refractivity contribution in [3.63, 3.8) is 0 Å². The average molecular weight is 434 g/mol. The molecule has 0 radical (unpaired) electrons. The maximum Gasteiger partial charge on any atom is 0.260 e. The number of aryl methyl sites for hydroxylation is 1. The minimum atomic E-state index is -0.265. The fourth-order valence-corrected chi connectivity index (χ4v) is 3.21. The number of hydrogen-bond acceptors (Lipinski definition) is 4. The Balaban J connectivity index is 1.75. The van der Waals surface area contributed by atoms with E-state index in [2.05, 4.69) is 9.97 Å². The van der Waals surface area contributed by atoms with E-state index in [4.69, 9.17) is 27.9 Å². The highest BCUT2D eigenvalue weighted by Crippen LogP contribution is 2.21. The molecular weight excluding hydrogens is 413 g/mol. The lowest BCUT2D eigenvalue weighted by atomic mass is 10.2. The van der Waals surface area contributed by atoms with Gasteiger partial charge in [0.2, 0.25) is 0 Å². The summed E-state index contributed by atoms with van der Waals surface area (Å²) in [6, 6.07) is 10.1. The van der Waals surface area contributed by atoms with Gasteiger partial charge in [-0.15, -0.1) is 0 Å². The molecule has 1 heterocycles. The number of aromatic nitrogens is 2. The maximum absolute atomic E-state index is 12.7. The number of aromatic amines is 1. The summed E-state index contributed by atoms with van der Waals surface area (Å²) in [7, 11) is 0. The lowest BCUT2D eigenvalue weighted by Crippen LogP contribution is -2.36. The molecule has 0 bridgehead atoms. The molecule has 1 N–H and O–H groups in total. The Morgan fingerprint density at radius 1 is 1.21 bits per heavy atom. The van der Waals surface area contributed by atoms with Crippen LogP contribution in [0.5, 0.6) is 5.75 Å². The highest BCUT2D eigenvalue weighted by atomic mass is 35.5. The third kappa shape index (κ3) is 5.28. The number of hydrogen-bond donors (Lipinski definition) is 1. The van der Waals surface area contributed by atoms with Crippen LogP contribution in [0.15, 0.2) is 41.2 Å². The van der Waals surface area contributed by atoms with Crippen LogP contribution in [-0.4, -0.2) is 33.9 Å². The molecule has 0 unspecified atom stereocenters. The minimum Gasteiger partial charge on any atom is -0.484 e. The number of amides is 1. The molecule has 29 heavy (non-hydrogen) atoms. The summed E-state index contributed by atoms with van der Waals surface area (Å²) in [5.74, 6) is 0.769. The molecule has 1 amide bonds. The molecule has 0 aliphatic heterocycles. The van der Waals surface area contributed by atoms with Crippen LogP contribution in [0.25, 0.3) is 10.9 Å². The largest absolute Gasteiger partial charge is 0.484 e. The highest BCUT2D eigenvalue weighted by Gasteiger charge is 2.16. The maximum atomic E-state index is 12.7. The number of ether oxygens (including phenoxy) is 1. The van der Waals surface area contributed by atoms with E-state index in [1.165, 1.54) is 0 Å². The Morgan fingerprint density at radius 2 is 2.00 bits per heavy atom. The van der Waals surface area contributed by atoms with Gasteiger partial charge in [-0.25, -0.2) is 4.98 Å². The van der Waals surface area contributed by atoms with Crippen molar-refractivity contribution in [2.45, 2.75) is 26.8 Å². The summed E-state index contributed by atoms with van der Waals surface area (Å²) in [6.45, 7) is 4.41. The smallest absolute Gasteiger partial charge is 0.260 e. The number of nitrogens with one attached hydrogen (secondary N) is 1.